The normalized spacial score (nSPS) is 16.7. The summed E-state index contributed by atoms with van der Waals surface area (Å²) in [6.45, 7) is 10.6. The number of amides is 1. The highest BCUT2D eigenvalue weighted by Gasteiger charge is 2.20. The fourth-order valence-electron chi connectivity index (χ4n) is 2.91. The van der Waals surface area contributed by atoms with Gasteiger partial charge in [-0.2, -0.15) is 0 Å². The van der Waals surface area contributed by atoms with Crippen LogP contribution >= 0.6 is 0 Å². The molecule has 0 aromatic heterocycles. The van der Waals surface area contributed by atoms with E-state index in [2.05, 4.69) is 23.6 Å². The average Bonchev–Trinajstić information content (AvgIpc) is 2.51. The van der Waals surface area contributed by atoms with Crippen LogP contribution in [0.1, 0.15) is 19.4 Å². The topological polar surface area (TPSA) is 26.8 Å². The van der Waals surface area contributed by atoms with E-state index < -0.39 is 0 Å². The van der Waals surface area contributed by atoms with E-state index in [1.807, 2.05) is 0 Å². The first-order valence-electron chi connectivity index (χ1n) is 8.37. The van der Waals surface area contributed by atoms with Crippen LogP contribution in [0.15, 0.2) is 24.3 Å². The Bertz CT molecular complexity index is 495. The summed E-state index contributed by atoms with van der Waals surface area (Å²) in [6, 6.07) is 6.32. The molecule has 0 saturated carbocycles. The molecule has 0 unspecified atom stereocenters. The molecule has 1 heterocycles. The predicted octanol–water partition coefficient (Wildman–Crippen LogP) is 2.06. The van der Waals surface area contributed by atoms with E-state index in [9.17, 15) is 9.18 Å². The molecule has 0 aliphatic carbocycles. The molecule has 0 bridgehead atoms. The molecule has 0 radical (unpaired) electrons. The minimum Gasteiger partial charge on any atom is -0.340 e. The monoisotopic (exact) mass is 321 g/mol. The van der Waals surface area contributed by atoms with Crippen molar-refractivity contribution in [1.82, 2.24) is 14.7 Å². The van der Waals surface area contributed by atoms with Crippen LogP contribution in [0.4, 0.5) is 4.39 Å². The van der Waals surface area contributed by atoms with Gasteiger partial charge in [-0.3, -0.25) is 9.69 Å². The Kier molecular flexibility index (Phi) is 6.54. The van der Waals surface area contributed by atoms with Gasteiger partial charge in [0.2, 0.25) is 5.91 Å². The van der Waals surface area contributed by atoms with E-state index >= 15 is 0 Å². The Hall–Kier alpha value is -1.46. The molecule has 1 aliphatic rings. The first-order chi connectivity index (χ1) is 10.9. The summed E-state index contributed by atoms with van der Waals surface area (Å²) in [4.78, 5) is 18.7. The number of benzene rings is 1. The molecule has 2 rings (SSSR count). The maximum atomic E-state index is 12.9. The van der Waals surface area contributed by atoms with Gasteiger partial charge in [0, 0.05) is 46.3 Å². The van der Waals surface area contributed by atoms with E-state index in [-0.39, 0.29) is 11.7 Å². The molecule has 0 N–H and O–H groups in total. The molecule has 23 heavy (non-hydrogen) atoms. The lowest BCUT2D eigenvalue weighted by atomic mass is 10.2. The van der Waals surface area contributed by atoms with Gasteiger partial charge in [-0.15, -0.1) is 0 Å². The molecule has 1 aromatic carbocycles. The van der Waals surface area contributed by atoms with Crippen molar-refractivity contribution in [2.75, 3.05) is 46.3 Å². The van der Waals surface area contributed by atoms with Gasteiger partial charge in [0.1, 0.15) is 5.82 Å². The van der Waals surface area contributed by atoms with Gasteiger partial charge < -0.3 is 9.80 Å². The molecule has 0 spiro atoms. The van der Waals surface area contributed by atoms with Crippen LogP contribution in [0.2, 0.25) is 0 Å². The number of likely N-dealkylation sites (N-methyl/N-ethyl adjacent to an activating group) is 1. The Morgan fingerprint density at radius 1 is 1.13 bits per heavy atom. The predicted molar refractivity (Wildman–Crippen MR) is 90.6 cm³/mol. The number of hydrogen-bond acceptors (Lipinski definition) is 3. The van der Waals surface area contributed by atoms with Crippen molar-refractivity contribution in [3.8, 4) is 0 Å². The number of carbonyl (C=O) groups excluding carboxylic acids is 1. The van der Waals surface area contributed by atoms with Crippen LogP contribution < -0.4 is 0 Å². The highest BCUT2D eigenvalue weighted by Crippen LogP contribution is 2.08. The number of nitrogens with zero attached hydrogens (tertiary/aromatic N) is 3. The third-order valence-corrected chi connectivity index (χ3v) is 4.21. The van der Waals surface area contributed by atoms with E-state index in [1.54, 1.807) is 24.1 Å². The Morgan fingerprint density at radius 3 is 2.26 bits per heavy atom. The van der Waals surface area contributed by atoms with E-state index in [0.717, 1.165) is 38.3 Å². The molecular formula is C18H28FN3O. The fraction of sp³-hybridized carbons (Fsp3) is 0.611. The third kappa shape index (κ3) is 5.92. The second-order valence-corrected chi connectivity index (χ2v) is 6.85. The van der Waals surface area contributed by atoms with Gasteiger partial charge in [0.25, 0.3) is 0 Å². The molecule has 1 saturated heterocycles. The summed E-state index contributed by atoms with van der Waals surface area (Å²) in [5.74, 6) is 0.554. The summed E-state index contributed by atoms with van der Waals surface area (Å²) in [5.41, 5.74) is 0.948. The Morgan fingerprint density at radius 2 is 1.70 bits per heavy atom. The van der Waals surface area contributed by atoms with Crippen LogP contribution in [0, 0.1) is 11.7 Å². The second kappa shape index (κ2) is 8.41. The van der Waals surface area contributed by atoms with Gasteiger partial charge in [0.05, 0.1) is 6.54 Å². The number of hydrogen-bond donors (Lipinski definition) is 0. The SMILES string of the molecule is CC(C)CN1CCN(CC(=O)N(C)Cc2ccc(F)cc2)CC1. The molecule has 4 nitrogen and oxygen atoms in total. The zero-order valence-corrected chi connectivity index (χ0v) is 14.5. The minimum atomic E-state index is -0.248. The maximum Gasteiger partial charge on any atom is 0.236 e. The lowest BCUT2D eigenvalue weighted by Gasteiger charge is -2.35. The standard InChI is InChI=1S/C18H28FN3O/c1-15(2)12-21-8-10-22(11-9-21)14-18(23)20(3)13-16-4-6-17(19)7-5-16/h4-7,15H,8-14H2,1-3H3. The molecule has 0 atom stereocenters. The maximum absolute atomic E-state index is 12.9. The van der Waals surface area contributed by atoms with Gasteiger partial charge in [-0.25, -0.2) is 4.39 Å². The summed E-state index contributed by atoms with van der Waals surface area (Å²) < 4.78 is 12.9. The smallest absolute Gasteiger partial charge is 0.236 e. The Labute approximate surface area is 138 Å². The second-order valence-electron chi connectivity index (χ2n) is 6.85. The summed E-state index contributed by atoms with van der Waals surface area (Å²) in [5, 5.41) is 0. The fourth-order valence-corrected chi connectivity index (χ4v) is 2.91. The quantitative estimate of drug-likeness (QED) is 0.802. The van der Waals surface area contributed by atoms with E-state index in [1.165, 1.54) is 12.1 Å². The zero-order chi connectivity index (χ0) is 16.8. The van der Waals surface area contributed by atoms with Gasteiger partial charge >= 0.3 is 0 Å². The molecule has 1 amide bonds. The largest absolute Gasteiger partial charge is 0.340 e. The van der Waals surface area contributed by atoms with Crippen molar-refractivity contribution in [3.05, 3.63) is 35.6 Å². The van der Waals surface area contributed by atoms with Crippen molar-refractivity contribution < 1.29 is 9.18 Å². The Balaban J connectivity index is 1.75. The highest BCUT2D eigenvalue weighted by molar-refractivity contribution is 5.78. The number of carbonyl (C=O) groups is 1. The van der Waals surface area contributed by atoms with E-state index in [0.29, 0.717) is 19.0 Å². The lowest BCUT2D eigenvalue weighted by molar-refractivity contribution is -0.132. The van der Waals surface area contributed by atoms with Crippen molar-refractivity contribution in [1.29, 1.82) is 0 Å². The minimum absolute atomic E-state index is 0.117. The van der Waals surface area contributed by atoms with Gasteiger partial charge in [-0.05, 0) is 23.6 Å². The average molecular weight is 321 g/mol. The summed E-state index contributed by atoms with van der Waals surface area (Å²) in [6.07, 6.45) is 0. The molecule has 1 aliphatic heterocycles. The number of rotatable bonds is 6. The van der Waals surface area contributed by atoms with Crippen molar-refractivity contribution in [2.45, 2.75) is 20.4 Å². The molecular weight excluding hydrogens is 293 g/mol. The van der Waals surface area contributed by atoms with Gasteiger partial charge in [0.15, 0.2) is 0 Å². The van der Waals surface area contributed by atoms with Crippen molar-refractivity contribution in [3.63, 3.8) is 0 Å². The number of halogens is 1. The van der Waals surface area contributed by atoms with Crippen LogP contribution in [0.25, 0.3) is 0 Å². The lowest BCUT2D eigenvalue weighted by Crippen LogP contribution is -2.50. The van der Waals surface area contributed by atoms with Gasteiger partial charge in [-0.1, -0.05) is 26.0 Å². The van der Waals surface area contributed by atoms with Crippen LogP contribution in [-0.4, -0.2) is 66.9 Å². The number of piperazine rings is 1. The molecule has 1 aromatic rings. The molecule has 1 fully saturated rings. The first-order valence-corrected chi connectivity index (χ1v) is 8.37. The van der Waals surface area contributed by atoms with Crippen LogP contribution in [0.3, 0.4) is 0 Å². The molecule has 128 valence electrons. The highest BCUT2D eigenvalue weighted by atomic mass is 19.1. The summed E-state index contributed by atoms with van der Waals surface area (Å²) >= 11 is 0. The third-order valence-electron chi connectivity index (χ3n) is 4.21. The van der Waals surface area contributed by atoms with Crippen LogP contribution in [0.5, 0.6) is 0 Å². The molecule has 5 heteroatoms. The summed E-state index contributed by atoms with van der Waals surface area (Å²) in [7, 11) is 1.81. The van der Waals surface area contributed by atoms with E-state index in [4.69, 9.17) is 0 Å². The van der Waals surface area contributed by atoms with Crippen LogP contribution in [-0.2, 0) is 11.3 Å². The van der Waals surface area contributed by atoms with Crippen molar-refractivity contribution >= 4 is 5.91 Å². The zero-order valence-electron chi connectivity index (χ0n) is 14.5. The first kappa shape index (κ1) is 17.9. The van der Waals surface area contributed by atoms with Crippen molar-refractivity contribution in [2.24, 2.45) is 5.92 Å².